The number of ether oxygens (including phenoxy) is 1. The molecule has 0 spiro atoms. The fourth-order valence-corrected chi connectivity index (χ4v) is 4.63. The van der Waals surface area contributed by atoms with E-state index in [-0.39, 0.29) is 5.97 Å². The van der Waals surface area contributed by atoms with Crippen LogP contribution in [0, 0.1) is 12.8 Å². The molecule has 1 saturated heterocycles. The fraction of sp³-hybridized carbons (Fsp3) is 0.733. The first kappa shape index (κ1) is 13.9. The molecule has 0 bridgehead atoms. The van der Waals surface area contributed by atoms with E-state index in [2.05, 4.69) is 9.88 Å². The lowest BCUT2D eigenvalue weighted by atomic mass is 9.78. The van der Waals surface area contributed by atoms with Gasteiger partial charge < -0.3 is 9.64 Å². The first-order chi connectivity index (χ1) is 9.70. The number of carbonyl (C=O) groups excluding carboxylic acids is 1. The number of hydrogen-bond donors (Lipinski definition) is 0. The summed E-state index contributed by atoms with van der Waals surface area (Å²) < 4.78 is 4.81. The molecule has 2 heterocycles. The maximum Gasteiger partial charge on any atom is 0.357 e. The van der Waals surface area contributed by atoms with Gasteiger partial charge in [0.05, 0.1) is 7.11 Å². The summed E-state index contributed by atoms with van der Waals surface area (Å²) in [5.41, 5.74) is 0.491. The van der Waals surface area contributed by atoms with Crippen LogP contribution in [0.5, 0.6) is 0 Å². The summed E-state index contributed by atoms with van der Waals surface area (Å²) in [6.07, 6.45) is 7.93. The molecule has 5 heteroatoms. The second kappa shape index (κ2) is 5.72. The number of aryl methyl sites for hydroxylation is 1. The molecule has 2 atom stereocenters. The predicted octanol–water partition coefficient (Wildman–Crippen LogP) is 3.40. The van der Waals surface area contributed by atoms with Gasteiger partial charge in [-0.3, -0.25) is 0 Å². The van der Waals surface area contributed by atoms with E-state index in [1.54, 1.807) is 11.3 Å². The number of nitrogens with zero attached hydrogens (tertiary/aromatic N) is 2. The molecule has 110 valence electrons. The van der Waals surface area contributed by atoms with Crippen LogP contribution in [0.4, 0.5) is 5.13 Å². The van der Waals surface area contributed by atoms with Crippen molar-refractivity contribution in [3.8, 4) is 0 Å². The Hall–Kier alpha value is -1.10. The molecule has 2 fully saturated rings. The van der Waals surface area contributed by atoms with Crippen LogP contribution in [0.25, 0.3) is 0 Å². The Morgan fingerprint density at radius 1 is 1.30 bits per heavy atom. The number of rotatable bonds is 2. The van der Waals surface area contributed by atoms with Crippen LogP contribution in [0.2, 0.25) is 0 Å². The lowest BCUT2D eigenvalue weighted by Gasteiger charge is -2.44. The van der Waals surface area contributed by atoms with Crippen LogP contribution >= 0.6 is 11.3 Å². The van der Waals surface area contributed by atoms with Crippen molar-refractivity contribution in [3.05, 3.63) is 10.6 Å². The third-order valence-electron chi connectivity index (χ3n) is 4.65. The topological polar surface area (TPSA) is 42.4 Å². The van der Waals surface area contributed by atoms with Gasteiger partial charge >= 0.3 is 5.97 Å². The molecule has 2 aliphatic rings. The monoisotopic (exact) mass is 294 g/mol. The van der Waals surface area contributed by atoms with Crippen molar-refractivity contribution in [1.82, 2.24) is 4.98 Å². The quantitative estimate of drug-likeness (QED) is 0.784. The van der Waals surface area contributed by atoms with E-state index < -0.39 is 0 Å². The Kier molecular flexibility index (Phi) is 3.96. The number of piperidine rings is 1. The maximum absolute atomic E-state index is 11.7. The van der Waals surface area contributed by atoms with Crippen LogP contribution in [0.1, 0.15) is 53.9 Å². The molecule has 0 radical (unpaired) electrons. The Morgan fingerprint density at radius 2 is 2.05 bits per heavy atom. The molecule has 3 rings (SSSR count). The number of methoxy groups -OCH3 is 1. The minimum atomic E-state index is -0.317. The van der Waals surface area contributed by atoms with Gasteiger partial charge in [0.1, 0.15) is 0 Å². The van der Waals surface area contributed by atoms with Gasteiger partial charge in [0.25, 0.3) is 0 Å². The lowest BCUT2D eigenvalue weighted by Crippen LogP contribution is -2.46. The molecule has 1 aliphatic carbocycles. The van der Waals surface area contributed by atoms with Crippen LogP contribution in [-0.4, -0.2) is 30.6 Å². The van der Waals surface area contributed by atoms with Crippen molar-refractivity contribution in [2.24, 2.45) is 5.92 Å². The minimum absolute atomic E-state index is 0.317. The van der Waals surface area contributed by atoms with E-state index in [0.29, 0.717) is 11.7 Å². The summed E-state index contributed by atoms with van der Waals surface area (Å²) in [5.74, 6) is 0.505. The third kappa shape index (κ3) is 2.43. The van der Waals surface area contributed by atoms with E-state index >= 15 is 0 Å². The molecule has 4 nitrogen and oxygen atoms in total. The van der Waals surface area contributed by atoms with Gasteiger partial charge in [-0.15, -0.1) is 11.3 Å². The van der Waals surface area contributed by atoms with Gasteiger partial charge in [-0.05, 0) is 38.5 Å². The highest BCUT2D eigenvalue weighted by molar-refractivity contribution is 7.15. The van der Waals surface area contributed by atoms with Crippen molar-refractivity contribution < 1.29 is 9.53 Å². The molecule has 0 aromatic carbocycles. The van der Waals surface area contributed by atoms with E-state index in [4.69, 9.17) is 4.74 Å². The van der Waals surface area contributed by atoms with Crippen LogP contribution in [-0.2, 0) is 4.74 Å². The molecule has 2 unspecified atom stereocenters. The summed E-state index contributed by atoms with van der Waals surface area (Å²) >= 11 is 1.63. The summed E-state index contributed by atoms with van der Waals surface area (Å²) in [4.78, 5) is 19.7. The molecule has 0 amide bonds. The van der Waals surface area contributed by atoms with Gasteiger partial charge in [0, 0.05) is 17.5 Å². The molecule has 1 saturated carbocycles. The normalized spacial score (nSPS) is 26.2. The van der Waals surface area contributed by atoms with Crippen molar-refractivity contribution in [3.63, 3.8) is 0 Å². The average Bonchev–Trinajstić information content (AvgIpc) is 2.87. The van der Waals surface area contributed by atoms with Gasteiger partial charge in [0.2, 0.25) is 0 Å². The standard InChI is InChI=1S/C15H22N2O2S/c1-10-13(14(18)19-2)16-15(20-10)17-9-5-7-11-6-3-4-8-12(11)17/h11-12H,3-9H2,1-2H3. The summed E-state index contributed by atoms with van der Waals surface area (Å²) in [7, 11) is 1.42. The Balaban J connectivity index is 1.86. The average molecular weight is 294 g/mol. The molecule has 20 heavy (non-hydrogen) atoms. The molecular formula is C15H22N2O2S. The summed E-state index contributed by atoms with van der Waals surface area (Å²) in [6.45, 7) is 3.03. The van der Waals surface area contributed by atoms with Crippen LogP contribution in [0.15, 0.2) is 0 Å². The zero-order chi connectivity index (χ0) is 14.1. The fourth-order valence-electron chi connectivity index (χ4n) is 3.65. The van der Waals surface area contributed by atoms with Crippen molar-refractivity contribution >= 4 is 22.4 Å². The molecular weight excluding hydrogens is 272 g/mol. The van der Waals surface area contributed by atoms with Gasteiger partial charge in [-0.1, -0.05) is 12.8 Å². The maximum atomic E-state index is 11.7. The number of thiazole rings is 1. The zero-order valence-electron chi connectivity index (χ0n) is 12.2. The second-order valence-electron chi connectivity index (χ2n) is 5.84. The molecule has 1 aromatic rings. The zero-order valence-corrected chi connectivity index (χ0v) is 13.0. The van der Waals surface area contributed by atoms with Gasteiger partial charge in [-0.2, -0.15) is 0 Å². The van der Waals surface area contributed by atoms with E-state index in [1.807, 2.05) is 6.92 Å². The Morgan fingerprint density at radius 3 is 2.85 bits per heavy atom. The van der Waals surface area contributed by atoms with Gasteiger partial charge in [-0.25, -0.2) is 9.78 Å². The smallest absolute Gasteiger partial charge is 0.357 e. The molecule has 1 aromatic heterocycles. The number of carbonyl (C=O) groups is 1. The Bertz CT molecular complexity index is 498. The van der Waals surface area contributed by atoms with Gasteiger partial charge in [0.15, 0.2) is 10.8 Å². The number of fused-ring (bicyclic) bond motifs is 1. The van der Waals surface area contributed by atoms with Crippen LogP contribution in [0.3, 0.4) is 0 Å². The number of anilines is 1. The Labute approximate surface area is 124 Å². The molecule has 1 aliphatic heterocycles. The van der Waals surface area contributed by atoms with Crippen molar-refractivity contribution in [2.45, 2.75) is 51.5 Å². The van der Waals surface area contributed by atoms with Crippen LogP contribution < -0.4 is 4.90 Å². The lowest BCUT2D eigenvalue weighted by molar-refractivity contribution is 0.0594. The first-order valence-corrected chi connectivity index (χ1v) is 8.34. The highest BCUT2D eigenvalue weighted by atomic mass is 32.1. The van der Waals surface area contributed by atoms with E-state index in [1.165, 1.54) is 45.6 Å². The predicted molar refractivity (Wildman–Crippen MR) is 80.5 cm³/mol. The number of esters is 1. The highest BCUT2D eigenvalue weighted by Crippen LogP contribution is 2.39. The SMILES string of the molecule is COC(=O)c1nc(N2CCCC3CCCCC32)sc1C. The summed E-state index contributed by atoms with van der Waals surface area (Å²) in [5, 5.41) is 1.01. The van der Waals surface area contributed by atoms with E-state index in [0.717, 1.165) is 22.5 Å². The van der Waals surface area contributed by atoms with Crippen molar-refractivity contribution in [2.75, 3.05) is 18.6 Å². The third-order valence-corrected chi connectivity index (χ3v) is 5.66. The highest BCUT2D eigenvalue weighted by Gasteiger charge is 2.35. The van der Waals surface area contributed by atoms with E-state index in [9.17, 15) is 4.79 Å². The largest absolute Gasteiger partial charge is 0.464 e. The summed E-state index contributed by atoms with van der Waals surface area (Å²) in [6, 6.07) is 0.633. The minimum Gasteiger partial charge on any atom is -0.464 e. The first-order valence-electron chi connectivity index (χ1n) is 7.53. The van der Waals surface area contributed by atoms with Crippen molar-refractivity contribution in [1.29, 1.82) is 0 Å². The number of aromatic nitrogens is 1. The number of hydrogen-bond acceptors (Lipinski definition) is 5. The second-order valence-corrected chi connectivity index (χ2v) is 7.02. The molecule has 0 N–H and O–H groups in total.